The second-order valence-corrected chi connectivity index (χ2v) is 5.20. The first-order chi connectivity index (χ1) is 11.6. The Bertz CT molecular complexity index is 735. The number of hydrogen-bond acceptors (Lipinski definition) is 4. The zero-order valence-electron chi connectivity index (χ0n) is 13.8. The summed E-state index contributed by atoms with van der Waals surface area (Å²) >= 11 is 0. The minimum atomic E-state index is -0.326. The second kappa shape index (κ2) is 10.6. The minimum Gasteiger partial charge on any atom is -0.383 e. The molecule has 2 N–H and O–H groups in total. The van der Waals surface area contributed by atoms with Crippen LogP contribution < -0.4 is 16.2 Å². The van der Waals surface area contributed by atoms with Crippen LogP contribution >= 0.6 is 12.4 Å². The number of nitrogens with one attached hydrogen (secondary N) is 2. The van der Waals surface area contributed by atoms with E-state index in [1.807, 2.05) is 0 Å². The first-order valence-electron chi connectivity index (χ1n) is 7.53. The molecule has 1 heterocycles. The van der Waals surface area contributed by atoms with Gasteiger partial charge >= 0.3 is 0 Å². The Kier molecular flexibility index (Phi) is 8.83. The Morgan fingerprint density at radius 3 is 2.64 bits per heavy atom. The Morgan fingerprint density at radius 1 is 1.24 bits per heavy atom. The van der Waals surface area contributed by atoms with Crippen molar-refractivity contribution in [2.45, 2.75) is 6.54 Å². The lowest BCUT2D eigenvalue weighted by Gasteiger charge is -2.10. The van der Waals surface area contributed by atoms with Crippen molar-refractivity contribution in [2.75, 3.05) is 32.1 Å². The molecule has 0 aliphatic rings. The zero-order valence-corrected chi connectivity index (χ0v) is 14.6. The molecule has 0 saturated carbocycles. The summed E-state index contributed by atoms with van der Waals surface area (Å²) in [5.41, 5.74) is 0.688. The van der Waals surface area contributed by atoms with Crippen molar-refractivity contribution in [3.63, 3.8) is 0 Å². The highest BCUT2D eigenvalue weighted by atomic mass is 35.5. The number of halogens is 2. The monoisotopic (exact) mass is 369 g/mol. The summed E-state index contributed by atoms with van der Waals surface area (Å²) in [5, 5.41) is 5.49. The van der Waals surface area contributed by atoms with E-state index >= 15 is 0 Å². The lowest BCUT2D eigenvalue weighted by atomic mass is 10.2. The summed E-state index contributed by atoms with van der Waals surface area (Å²) < 4.78 is 19.3. The van der Waals surface area contributed by atoms with Crippen molar-refractivity contribution in [1.29, 1.82) is 0 Å². The number of pyridine rings is 1. The van der Waals surface area contributed by atoms with E-state index in [2.05, 4.69) is 10.6 Å². The van der Waals surface area contributed by atoms with E-state index < -0.39 is 0 Å². The number of rotatable bonds is 8. The average molecular weight is 370 g/mol. The van der Waals surface area contributed by atoms with Crippen molar-refractivity contribution < 1.29 is 13.9 Å². The van der Waals surface area contributed by atoms with Crippen LogP contribution in [-0.4, -0.2) is 37.3 Å². The van der Waals surface area contributed by atoms with Gasteiger partial charge in [0.1, 0.15) is 11.5 Å². The molecule has 8 heteroatoms. The Balaban J connectivity index is 0.00000312. The minimum absolute atomic E-state index is 0. The van der Waals surface area contributed by atoms with Crippen molar-refractivity contribution >= 4 is 24.0 Å². The van der Waals surface area contributed by atoms with Gasteiger partial charge in [-0.3, -0.25) is 9.59 Å². The van der Waals surface area contributed by atoms with Gasteiger partial charge in [0.05, 0.1) is 19.7 Å². The maximum atomic E-state index is 12.9. The molecule has 2 aromatic rings. The van der Waals surface area contributed by atoms with Gasteiger partial charge in [-0.15, -0.1) is 12.4 Å². The lowest BCUT2D eigenvalue weighted by molar-refractivity contribution is -0.115. The summed E-state index contributed by atoms with van der Waals surface area (Å²) in [7, 11) is 1.58. The number of methoxy groups -OCH3 is 1. The first-order valence-corrected chi connectivity index (χ1v) is 7.53. The number of aromatic nitrogens is 1. The normalized spacial score (nSPS) is 10.2. The molecule has 0 unspecified atom stereocenters. The molecule has 0 bridgehead atoms. The average Bonchev–Trinajstić information content (AvgIpc) is 2.57. The lowest BCUT2D eigenvalue weighted by Crippen LogP contribution is -2.33. The number of amides is 1. The predicted molar refractivity (Wildman–Crippen MR) is 96.8 cm³/mol. The Hall–Kier alpha value is -2.22. The number of benzene rings is 1. The summed E-state index contributed by atoms with van der Waals surface area (Å²) in [6.45, 7) is 1.45. The van der Waals surface area contributed by atoms with Gasteiger partial charge in [-0.2, -0.15) is 0 Å². The Labute approximate surface area is 151 Å². The molecule has 2 rings (SSSR count). The number of carbonyl (C=O) groups excluding carboxylic acids is 1. The summed E-state index contributed by atoms with van der Waals surface area (Å²) in [5.74, 6) is -0.629. The van der Waals surface area contributed by atoms with Gasteiger partial charge in [0.25, 0.3) is 5.56 Å². The van der Waals surface area contributed by atoms with Crippen molar-refractivity contribution in [2.24, 2.45) is 0 Å². The molecule has 1 aromatic carbocycles. The Morgan fingerprint density at radius 2 is 1.96 bits per heavy atom. The van der Waals surface area contributed by atoms with Crippen LogP contribution in [0.5, 0.6) is 0 Å². The molecule has 25 heavy (non-hydrogen) atoms. The largest absolute Gasteiger partial charge is 0.383 e. The maximum Gasteiger partial charge on any atom is 0.274 e. The molecule has 0 fully saturated rings. The molecule has 6 nitrogen and oxygen atoms in total. The number of nitrogens with zero attached hydrogens (tertiary/aromatic N) is 1. The highest BCUT2D eigenvalue weighted by Crippen LogP contribution is 2.05. The molecule has 1 amide bonds. The van der Waals surface area contributed by atoms with E-state index in [0.29, 0.717) is 19.7 Å². The van der Waals surface area contributed by atoms with Gasteiger partial charge in [0, 0.05) is 19.9 Å². The van der Waals surface area contributed by atoms with Crippen molar-refractivity contribution in [3.8, 4) is 0 Å². The molecular formula is C17H21ClFN3O3. The fourth-order valence-corrected chi connectivity index (χ4v) is 2.11. The van der Waals surface area contributed by atoms with Crippen LogP contribution in [0, 0.1) is 5.82 Å². The summed E-state index contributed by atoms with van der Waals surface area (Å²) in [4.78, 5) is 24.2. The number of ether oxygens (including phenoxy) is 1. The topological polar surface area (TPSA) is 72.4 Å². The van der Waals surface area contributed by atoms with Crippen LogP contribution in [0.4, 0.5) is 10.1 Å². The van der Waals surface area contributed by atoms with Crippen LogP contribution in [-0.2, 0) is 16.1 Å². The fourth-order valence-electron chi connectivity index (χ4n) is 2.11. The van der Waals surface area contributed by atoms with Gasteiger partial charge in [-0.1, -0.05) is 12.1 Å². The van der Waals surface area contributed by atoms with Gasteiger partial charge in [0.2, 0.25) is 5.91 Å². The third-order valence-electron chi connectivity index (χ3n) is 3.33. The summed E-state index contributed by atoms with van der Waals surface area (Å²) in [6, 6.07) is 9.16. The highest BCUT2D eigenvalue weighted by molar-refractivity contribution is 5.92. The molecule has 1 aromatic heterocycles. The third-order valence-corrected chi connectivity index (χ3v) is 3.33. The number of hydrogen-bond donors (Lipinski definition) is 2. The molecule has 0 aliphatic carbocycles. The zero-order chi connectivity index (χ0) is 17.4. The SMILES string of the molecule is COCCNCC(=O)Nc1cccn(Cc2ccc(F)cc2)c1=O.Cl. The standard InChI is InChI=1S/C17H20FN3O3.ClH/c1-24-10-8-19-11-16(22)20-15-3-2-9-21(17(15)23)12-13-4-6-14(18)7-5-13;/h2-7,9,19H,8,10-12H2,1H3,(H,20,22);1H. The highest BCUT2D eigenvalue weighted by Gasteiger charge is 2.08. The van der Waals surface area contributed by atoms with E-state index in [9.17, 15) is 14.0 Å². The molecule has 0 atom stereocenters. The smallest absolute Gasteiger partial charge is 0.274 e. The van der Waals surface area contributed by atoms with Gasteiger partial charge < -0.3 is 19.9 Å². The molecular weight excluding hydrogens is 349 g/mol. The molecule has 136 valence electrons. The van der Waals surface area contributed by atoms with Crippen molar-refractivity contribution in [1.82, 2.24) is 9.88 Å². The van der Waals surface area contributed by atoms with Crippen LogP contribution in [0.2, 0.25) is 0 Å². The van der Waals surface area contributed by atoms with E-state index in [0.717, 1.165) is 5.56 Å². The predicted octanol–water partition coefficient (Wildman–Crippen LogP) is 1.63. The molecule has 0 spiro atoms. The van der Waals surface area contributed by atoms with E-state index in [-0.39, 0.29) is 41.9 Å². The fraction of sp³-hybridized carbons (Fsp3) is 0.294. The maximum absolute atomic E-state index is 12.9. The second-order valence-electron chi connectivity index (χ2n) is 5.20. The van der Waals surface area contributed by atoms with Crippen molar-refractivity contribution in [3.05, 3.63) is 64.3 Å². The molecule has 0 saturated heterocycles. The van der Waals surface area contributed by atoms with Crippen LogP contribution in [0.1, 0.15) is 5.56 Å². The number of anilines is 1. The van der Waals surface area contributed by atoms with Crippen LogP contribution in [0.3, 0.4) is 0 Å². The summed E-state index contributed by atoms with van der Waals surface area (Å²) in [6.07, 6.45) is 1.62. The van der Waals surface area contributed by atoms with Gasteiger partial charge in [-0.25, -0.2) is 4.39 Å². The number of carbonyl (C=O) groups is 1. The van der Waals surface area contributed by atoms with E-state index in [1.165, 1.54) is 16.7 Å². The van der Waals surface area contributed by atoms with Crippen LogP contribution in [0.15, 0.2) is 47.4 Å². The molecule has 0 radical (unpaired) electrons. The van der Waals surface area contributed by atoms with E-state index in [1.54, 1.807) is 37.6 Å². The van der Waals surface area contributed by atoms with Gasteiger partial charge in [0.15, 0.2) is 0 Å². The third kappa shape index (κ3) is 6.66. The molecule has 0 aliphatic heterocycles. The first kappa shape index (κ1) is 20.8. The quantitative estimate of drug-likeness (QED) is 0.694. The van der Waals surface area contributed by atoms with E-state index in [4.69, 9.17) is 4.74 Å². The van der Waals surface area contributed by atoms with Gasteiger partial charge in [-0.05, 0) is 29.8 Å². The van der Waals surface area contributed by atoms with Crippen LogP contribution in [0.25, 0.3) is 0 Å².